The second kappa shape index (κ2) is 4.38. The van der Waals surface area contributed by atoms with Crippen LogP contribution in [-0.4, -0.2) is 28.8 Å². The standard InChI is InChI=1S/C11H15N3O/c1-9(15)10-7-12-8-13-11(10)14-5-3-2-4-6-14/h7-8H,2-6H2,1H3. The van der Waals surface area contributed by atoms with Crippen LogP contribution in [-0.2, 0) is 0 Å². The molecule has 0 aromatic carbocycles. The first-order valence-electron chi connectivity index (χ1n) is 5.35. The van der Waals surface area contributed by atoms with Crippen LogP contribution < -0.4 is 4.90 Å². The summed E-state index contributed by atoms with van der Waals surface area (Å²) in [6.45, 7) is 3.56. The molecule has 1 fully saturated rings. The molecule has 80 valence electrons. The Balaban J connectivity index is 2.29. The highest BCUT2D eigenvalue weighted by Crippen LogP contribution is 2.20. The van der Waals surface area contributed by atoms with E-state index in [0.29, 0.717) is 5.56 Å². The Bertz CT molecular complexity index is 359. The predicted octanol–water partition coefficient (Wildman–Crippen LogP) is 1.67. The molecule has 0 N–H and O–H groups in total. The summed E-state index contributed by atoms with van der Waals surface area (Å²) in [5.41, 5.74) is 0.638. The lowest BCUT2D eigenvalue weighted by Gasteiger charge is -2.28. The fourth-order valence-corrected chi connectivity index (χ4v) is 1.93. The van der Waals surface area contributed by atoms with Crippen LogP contribution in [0, 0.1) is 0 Å². The molecule has 1 aliphatic heterocycles. The topological polar surface area (TPSA) is 46.1 Å². The van der Waals surface area contributed by atoms with E-state index in [1.54, 1.807) is 13.1 Å². The van der Waals surface area contributed by atoms with Gasteiger partial charge in [-0.05, 0) is 26.2 Å². The van der Waals surface area contributed by atoms with Gasteiger partial charge in [0, 0.05) is 19.3 Å². The van der Waals surface area contributed by atoms with Crippen molar-refractivity contribution in [2.45, 2.75) is 26.2 Å². The van der Waals surface area contributed by atoms with E-state index in [1.807, 2.05) is 0 Å². The van der Waals surface area contributed by atoms with E-state index in [-0.39, 0.29) is 5.78 Å². The molecule has 0 aliphatic carbocycles. The third kappa shape index (κ3) is 2.14. The van der Waals surface area contributed by atoms with Crippen molar-refractivity contribution in [1.29, 1.82) is 0 Å². The average Bonchev–Trinajstić information content (AvgIpc) is 2.30. The number of carbonyl (C=O) groups excluding carboxylic acids is 1. The molecule has 0 bridgehead atoms. The van der Waals surface area contributed by atoms with E-state index < -0.39 is 0 Å². The maximum atomic E-state index is 11.4. The maximum Gasteiger partial charge on any atom is 0.165 e. The lowest BCUT2D eigenvalue weighted by molar-refractivity contribution is 0.101. The van der Waals surface area contributed by atoms with Gasteiger partial charge in [-0.3, -0.25) is 4.79 Å². The van der Waals surface area contributed by atoms with Crippen molar-refractivity contribution in [2.24, 2.45) is 0 Å². The minimum Gasteiger partial charge on any atom is -0.356 e. The number of nitrogens with zero attached hydrogens (tertiary/aromatic N) is 3. The molecule has 1 aliphatic rings. The first-order valence-corrected chi connectivity index (χ1v) is 5.35. The summed E-state index contributed by atoms with van der Waals surface area (Å²) in [5, 5.41) is 0. The summed E-state index contributed by atoms with van der Waals surface area (Å²) in [4.78, 5) is 21.7. The normalized spacial score (nSPS) is 16.5. The van der Waals surface area contributed by atoms with Crippen LogP contribution in [0.15, 0.2) is 12.5 Å². The van der Waals surface area contributed by atoms with Crippen LogP contribution in [0.2, 0.25) is 0 Å². The van der Waals surface area contributed by atoms with Gasteiger partial charge < -0.3 is 4.90 Å². The van der Waals surface area contributed by atoms with E-state index in [2.05, 4.69) is 14.9 Å². The van der Waals surface area contributed by atoms with Gasteiger partial charge in [-0.15, -0.1) is 0 Å². The van der Waals surface area contributed by atoms with Crippen LogP contribution in [0.25, 0.3) is 0 Å². The van der Waals surface area contributed by atoms with Crippen molar-refractivity contribution in [2.75, 3.05) is 18.0 Å². The van der Waals surface area contributed by atoms with E-state index in [1.165, 1.54) is 25.6 Å². The molecule has 0 spiro atoms. The van der Waals surface area contributed by atoms with Crippen molar-refractivity contribution in [3.8, 4) is 0 Å². The van der Waals surface area contributed by atoms with Gasteiger partial charge >= 0.3 is 0 Å². The molecule has 1 saturated heterocycles. The van der Waals surface area contributed by atoms with Crippen molar-refractivity contribution >= 4 is 11.6 Å². The number of ketones is 1. The average molecular weight is 205 g/mol. The van der Waals surface area contributed by atoms with Gasteiger partial charge in [0.15, 0.2) is 5.78 Å². The Kier molecular flexibility index (Phi) is 2.94. The zero-order valence-corrected chi connectivity index (χ0v) is 8.94. The summed E-state index contributed by atoms with van der Waals surface area (Å²) in [6.07, 6.45) is 6.76. The molecular formula is C11H15N3O. The van der Waals surface area contributed by atoms with Crippen LogP contribution in [0.5, 0.6) is 0 Å². The molecule has 1 aromatic heterocycles. The molecular weight excluding hydrogens is 190 g/mol. The minimum atomic E-state index is 0.0381. The molecule has 0 radical (unpaired) electrons. The Labute approximate surface area is 89.3 Å². The molecule has 0 unspecified atom stereocenters. The lowest BCUT2D eigenvalue weighted by atomic mass is 10.1. The van der Waals surface area contributed by atoms with Gasteiger partial charge in [0.25, 0.3) is 0 Å². The quantitative estimate of drug-likeness (QED) is 0.689. The van der Waals surface area contributed by atoms with Crippen molar-refractivity contribution in [3.63, 3.8) is 0 Å². The molecule has 15 heavy (non-hydrogen) atoms. The smallest absolute Gasteiger partial charge is 0.165 e. The highest BCUT2D eigenvalue weighted by Gasteiger charge is 2.17. The van der Waals surface area contributed by atoms with Crippen LogP contribution >= 0.6 is 0 Å². The van der Waals surface area contributed by atoms with Crippen LogP contribution in [0.4, 0.5) is 5.82 Å². The van der Waals surface area contributed by atoms with Gasteiger partial charge in [0.1, 0.15) is 12.1 Å². The van der Waals surface area contributed by atoms with Crippen molar-refractivity contribution in [3.05, 3.63) is 18.1 Å². The number of hydrogen-bond acceptors (Lipinski definition) is 4. The molecule has 1 aromatic rings. The number of hydrogen-bond donors (Lipinski definition) is 0. The van der Waals surface area contributed by atoms with Gasteiger partial charge in [0.05, 0.1) is 5.56 Å². The second-order valence-electron chi connectivity index (χ2n) is 3.86. The van der Waals surface area contributed by atoms with Crippen molar-refractivity contribution in [1.82, 2.24) is 9.97 Å². The first-order chi connectivity index (χ1) is 7.29. The Morgan fingerprint density at radius 3 is 2.73 bits per heavy atom. The number of anilines is 1. The van der Waals surface area contributed by atoms with E-state index >= 15 is 0 Å². The molecule has 2 heterocycles. The summed E-state index contributed by atoms with van der Waals surface area (Å²) < 4.78 is 0. The lowest BCUT2D eigenvalue weighted by Crippen LogP contribution is -2.31. The largest absolute Gasteiger partial charge is 0.356 e. The van der Waals surface area contributed by atoms with Gasteiger partial charge in [-0.2, -0.15) is 0 Å². The number of piperidine rings is 1. The predicted molar refractivity (Wildman–Crippen MR) is 58.1 cm³/mol. The first kappa shape index (κ1) is 10.1. The molecule has 0 saturated carbocycles. The number of aromatic nitrogens is 2. The zero-order chi connectivity index (χ0) is 10.7. The Hall–Kier alpha value is -1.45. The fourth-order valence-electron chi connectivity index (χ4n) is 1.93. The highest BCUT2D eigenvalue weighted by molar-refractivity contribution is 5.98. The Morgan fingerprint density at radius 1 is 1.33 bits per heavy atom. The second-order valence-corrected chi connectivity index (χ2v) is 3.86. The monoisotopic (exact) mass is 205 g/mol. The zero-order valence-electron chi connectivity index (χ0n) is 8.94. The van der Waals surface area contributed by atoms with E-state index in [4.69, 9.17) is 0 Å². The number of rotatable bonds is 2. The summed E-state index contributed by atoms with van der Waals surface area (Å²) in [5.74, 6) is 0.841. The molecule has 4 heteroatoms. The van der Waals surface area contributed by atoms with Gasteiger partial charge in [-0.1, -0.05) is 0 Å². The maximum absolute atomic E-state index is 11.4. The van der Waals surface area contributed by atoms with Gasteiger partial charge in [0.2, 0.25) is 0 Å². The molecule has 2 rings (SSSR count). The SMILES string of the molecule is CC(=O)c1cncnc1N1CCCCC1. The van der Waals surface area contributed by atoms with Crippen LogP contribution in [0.1, 0.15) is 36.5 Å². The van der Waals surface area contributed by atoms with Gasteiger partial charge in [-0.25, -0.2) is 9.97 Å². The highest BCUT2D eigenvalue weighted by atomic mass is 16.1. The summed E-state index contributed by atoms with van der Waals surface area (Å²) in [6, 6.07) is 0. The number of Topliss-reactive ketones (excluding diaryl/α,β-unsaturated/α-hetero) is 1. The third-order valence-corrected chi connectivity index (χ3v) is 2.73. The van der Waals surface area contributed by atoms with Crippen LogP contribution in [0.3, 0.4) is 0 Å². The van der Waals surface area contributed by atoms with E-state index in [0.717, 1.165) is 18.9 Å². The summed E-state index contributed by atoms with van der Waals surface area (Å²) >= 11 is 0. The van der Waals surface area contributed by atoms with Crippen molar-refractivity contribution < 1.29 is 4.79 Å². The molecule has 4 nitrogen and oxygen atoms in total. The number of carbonyl (C=O) groups is 1. The fraction of sp³-hybridized carbons (Fsp3) is 0.545. The molecule has 0 atom stereocenters. The minimum absolute atomic E-state index is 0.0381. The third-order valence-electron chi connectivity index (χ3n) is 2.73. The summed E-state index contributed by atoms with van der Waals surface area (Å²) in [7, 11) is 0. The molecule has 0 amide bonds. The Morgan fingerprint density at radius 2 is 2.07 bits per heavy atom. The van der Waals surface area contributed by atoms with E-state index in [9.17, 15) is 4.79 Å².